The van der Waals surface area contributed by atoms with Crippen molar-refractivity contribution in [2.75, 3.05) is 6.61 Å². The summed E-state index contributed by atoms with van der Waals surface area (Å²) < 4.78 is 55.9. The first kappa shape index (κ1) is 44.0. The molecule has 14 atom stereocenters. The summed E-state index contributed by atoms with van der Waals surface area (Å²) in [6.07, 6.45) is -7.00. The number of azide groups is 1. The van der Waals surface area contributed by atoms with E-state index in [1.165, 1.54) is 0 Å². The Kier molecular flexibility index (Phi) is 13.1. The number of nitrogens with zero attached hydrogens (tertiary/aromatic N) is 3. The van der Waals surface area contributed by atoms with Gasteiger partial charge >= 0.3 is 0 Å². The topological polar surface area (TPSA) is 163 Å². The molecule has 13 heteroatoms. The standard InChI is InChI=1S/C50H59N3O10/c1-48(2)36-24-25-49(48,3)50(26-36)62-45-43(59-31-35-22-14-7-15-23-35)41(57-29-33-18-10-5-11-19-33)42(58-30-34-20-12-6-13-21-34)44(46(45)63-50)61-47-38(52-53-51)40(39(55)37(27-54)60-47)56-28-32-16-8-4-9-17-32/h4-23,36-47,54-55H,24-31H2,1-3H3/t36-,37+,38+,39+,40+,41-,42-,43+,44+,45+,46-,47+,49-,50?/m0/s1. The van der Waals surface area contributed by atoms with Crippen LogP contribution in [-0.4, -0.2) is 89.9 Å². The maximum absolute atomic E-state index is 11.6. The molecule has 0 radical (unpaired) electrons. The van der Waals surface area contributed by atoms with Crippen LogP contribution in [-0.2, 0) is 64.3 Å². The van der Waals surface area contributed by atoms with E-state index in [9.17, 15) is 15.7 Å². The fourth-order valence-electron chi connectivity index (χ4n) is 10.9. The second-order valence-electron chi connectivity index (χ2n) is 18.5. The maximum Gasteiger partial charge on any atom is 0.175 e. The van der Waals surface area contributed by atoms with Gasteiger partial charge in [-0.2, -0.15) is 0 Å². The molecule has 5 fully saturated rings. The van der Waals surface area contributed by atoms with Gasteiger partial charge in [-0.3, -0.25) is 0 Å². The molecule has 4 aromatic rings. The molecule has 2 bridgehead atoms. The zero-order chi connectivity index (χ0) is 43.6. The van der Waals surface area contributed by atoms with Crippen molar-refractivity contribution in [2.45, 2.75) is 140 Å². The van der Waals surface area contributed by atoms with Gasteiger partial charge in [0, 0.05) is 16.7 Å². The molecule has 0 amide bonds. The molecule has 2 saturated heterocycles. The van der Waals surface area contributed by atoms with Gasteiger partial charge in [0.25, 0.3) is 0 Å². The maximum atomic E-state index is 11.6. The van der Waals surface area contributed by atoms with Gasteiger partial charge in [-0.1, -0.05) is 147 Å². The summed E-state index contributed by atoms with van der Waals surface area (Å²) in [7, 11) is 0. The van der Waals surface area contributed by atoms with Crippen LogP contribution >= 0.6 is 0 Å². The first-order chi connectivity index (χ1) is 30.6. The molecule has 9 rings (SSSR count). The number of aliphatic hydroxyl groups is 2. The van der Waals surface area contributed by atoms with Crippen molar-refractivity contribution in [3.63, 3.8) is 0 Å². The quantitative estimate of drug-likeness (QED) is 0.0646. The Bertz CT molecular complexity index is 2150. The normalized spacial score (nSPS) is 36.5. The highest BCUT2D eigenvalue weighted by molar-refractivity contribution is 5.22. The summed E-state index contributed by atoms with van der Waals surface area (Å²) in [4.78, 5) is 3.19. The third kappa shape index (κ3) is 8.46. The fourth-order valence-corrected chi connectivity index (χ4v) is 10.9. The molecule has 2 N–H and O–H groups in total. The zero-order valence-electron chi connectivity index (χ0n) is 36.1. The minimum absolute atomic E-state index is 0.0868. The van der Waals surface area contributed by atoms with Crippen LogP contribution in [0.25, 0.3) is 10.4 Å². The summed E-state index contributed by atoms with van der Waals surface area (Å²) in [6.45, 7) is 7.19. The highest BCUT2D eigenvalue weighted by atomic mass is 16.8. The van der Waals surface area contributed by atoms with Crippen LogP contribution in [0.2, 0.25) is 0 Å². The third-order valence-corrected chi connectivity index (χ3v) is 14.8. The van der Waals surface area contributed by atoms with Gasteiger partial charge in [0.1, 0.15) is 54.9 Å². The largest absolute Gasteiger partial charge is 0.394 e. The van der Waals surface area contributed by atoms with Gasteiger partial charge in [-0.15, -0.1) is 0 Å². The molecule has 63 heavy (non-hydrogen) atoms. The second kappa shape index (κ2) is 18.7. The van der Waals surface area contributed by atoms with Crippen LogP contribution in [0.4, 0.5) is 0 Å². The minimum atomic E-state index is -1.35. The molecule has 1 unspecified atom stereocenters. The van der Waals surface area contributed by atoms with E-state index < -0.39 is 79.7 Å². The molecule has 334 valence electrons. The van der Waals surface area contributed by atoms with Crippen molar-refractivity contribution < 1.29 is 48.1 Å². The Morgan fingerprint density at radius 1 is 0.651 bits per heavy atom. The summed E-state index contributed by atoms with van der Waals surface area (Å²) in [5.41, 5.74) is 13.3. The first-order valence-electron chi connectivity index (χ1n) is 22.3. The van der Waals surface area contributed by atoms with Crippen molar-refractivity contribution in [3.8, 4) is 0 Å². The fraction of sp³-hybridized carbons (Fsp3) is 0.520. The molecule has 2 aliphatic heterocycles. The molecule has 2 heterocycles. The monoisotopic (exact) mass is 861 g/mol. The third-order valence-electron chi connectivity index (χ3n) is 14.8. The lowest BCUT2D eigenvalue weighted by molar-refractivity contribution is -0.324. The summed E-state index contributed by atoms with van der Waals surface area (Å²) in [6, 6.07) is 38.1. The van der Waals surface area contributed by atoms with Crippen LogP contribution in [0.15, 0.2) is 126 Å². The Labute approximate surface area is 369 Å². The summed E-state index contributed by atoms with van der Waals surface area (Å²) in [5, 5.41) is 26.3. The van der Waals surface area contributed by atoms with Crippen molar-refractivity contribution in [1.29, 1.82) is 0 Å². The molecule has 13 nitrogen and oxygen atoms in total. The van der Waals surface area contributed by atoms with Gasteiger partial charge in [0.2, 0.25) is 0 Å². The molecule has 0 aromatic heterocycles. The Hall–Kier alpha value is -4.21. The minimum Gasteiger partial charge on any atom is -0.394 e. The van der Waals surface area contributed by atoms with Gasteiger partial charge in [0.15, 0.2) is 12.1 Å². The SMILES string of the molecule is CC1(C)[C@H]2CC[C@]1(C)C1(C2)O[C@@H]2[C@H](OCc3ccccc3)[C@@H](OCc3ccccc3)[C@H](OCc3ccccc3)[C@@H](O[C@H]3O[C@H](CO)[C@@H](O)[C@H](OCc4ccccc4)[C@H]3N=[N+]=[N-])[C@@H]2O1. The number of hydrogen-bond donors (Lipinski definition) is 2. The van der Waals surface area contributed by atoms with Crippen molar-refractivity contribution in [3.05, 3.63) is 154 Å². The van der Waals surface area contributed by atoms with E-state index in [1.54, 1.807) is 0 Å². The van der Waals surface area contributed by atoms with Crippen molar-refractivity contribution in [2.24, 2.45) is 21.9 Å². The lowest BCUT2D eigenvalue weighted by Gasteiger charge is -2.49. The van der Waals surface area contributed by atoms with Gasteiger partial charge < -0.3 is 48.1 Å². The lowest BCUT2D eigenvalue weighted by atomic mass is 9.68. The number of ether oxygens (including phenoxy) is 8. The van der Waals surface area contributed by atoms with E-state index >= 15 is 0 Å². The molecule has 3 saturated carbocycles. The van der Waals surface area contributed by atoms with Crippen molar-refractivity contribution >= 4 is 0 Å². The van der Waals surface area contributed by atoms with E-state index in [1.807, 2.05) is 121 Å². The van der Waals surface area contributed by atoms with Gasteiger partial charge in [-0.05, 0) is 52.0 Å². The van der Waals surface area contributed by atoms with Gasteiger partial charge in [-0.25, -0.2) is 0 Å². The van der Waals surface area contributed by atoms with E-state index in [-0.39, 0.29) is 37.3 Å². The number of fused-ring (bicyclic) bond motifs is 4. The average molecular weight is 862 g/mol. The lowest BCUT2D eigenvalue weighted by Crippen LogP contribution is -2.67. The van der Waals surface area contributed by atoms with Crippen LogP contribution in [0.3, 0.4) is 0 Å². The number of benzene rings is 4. The molecular weight excluding hydrogens is 803 g/mol. The predicted octanol–water partition coefficient (Wildman–Crippen LogP) is 7.81. The van der Waals surface area contributed by atoms with Gasteiger partial charge in [0.05, 0.1) is 39.1 Å². The van der Waals surface area contributed by atoms with Crippen LogP contribution in [0, 0.1) is 16.7 Å². The van der Waals surface area contributed by atoms with E-state index in [2.05, 4.69) is 30.8 Å². The molecule has 3 aliphatic carbocycles. The van der Waals surface area contributed by atoms with E-state index in [0.717, 1.165) is 35.1 Å². The average Bonchev–Trinajstić information content (AvgIpc) is 3.85. The molecular formula is C50H59N3O10. The number of hydrogen-bond acceptors (Lipinski definition) is 11. The molecule has 5 aliphatic rings. The first-order valence-corrected chi connectivity index (χ1v) is 22.3. The van der Waals surface area contributed by atoms with Crippen LogP contribution < -0.4 is 0 Å². The Balaban J connectivity index is 1.14. The summed E-state index contributed by atoms with van der Waals surface area (Å²) >= 11 is 0. The zero-order valence-corrected chi connectivity index (χ0v) is 36.1. The summed E-state index contributed by atoms with van der Waals surface area (Å²) in [5.74, 6) is -0.613. The van der Waals surface area contributed by atoms with E-state index in [4.69, 9.17) is 37.9 Å². The predicted molar refractivity (Wildman–Crippen MR) is 231 cm³/mol. The number of aliphatic hydroxyl groups excluding tert-OH is 2. The highest BCUT2D eigenvalue weighted by Crippen LogP contribution is 2.73. The Morgan fingerprint density at radius 3 is 1.52 bits per heavy atom. The smallest absolute Gasteiger partial charge is 0.175 e. The van der Waals surface area contributed by atoms with Crippen molar-refractivity contribution in [1.82, 2.24) is 0 Å². The molecule has 4 aromatic carbocycles. The van der Waals surface area contributed by atoms with Crippen LogP contribution in [0.1, 0.15) is 62.3 Å². The second-order valence-corrected chi connectivity index (χ2v) is 18.5. The van der Waals surface area contributed by atoms with Crippen LogP contribution in [0.5, 0.6) is 0 Å². The highest BCUT2D eigenvalue weighted by Gasteiger charge is 2.76. The van der Waals surface area contributed by atoms with E-state index in [0.29, 0.717) is 12.3 Å². The molecule has 1 spiro atoms. The number of rotatable bonds is 16. The Morgan fingerprint density at radius 2 is 1.10 bits per heavy atom.